The number of nitrogens with one attached hydrogen (secondary N) is 2. The molecule has 2 N–H and O–H groups in total. The van der Waals surface area contributed by atoms with E-state index in [1.165, 1.54) is 6.07 Å². The molecule has 2 aromatic carbocycles. The van der Waals surface area contributed by atoms with Crippen molar-refractivity contribution in [2.75, 3.05) is 11.9 Å². The molecule has 8 heteroatoms. The Morgan fingerprint density at radius 1 is 1.15 bits per heavy atom. The van der Waals surface area contributed by atoms with Crippen molar-refractivity contribution in [2.24, 2.45) is 0 Å². The van der Waals surface area contributed by atoms with E-state index in [2.05, 4.69) is 10.6 Å². The summed E-state index contributed by atoms with van der Waals surface area (Å²) in [6.07, 6.45) is 1.08. The molecule has 0 bridgehead atoms. The molecule has 1 fully saturated rings. The second-order valence-electron chi connectivity index (χ2n) is 6.56. The van der Waals surface area contributed by atoms with Crippen LogP contribution in [0.3, 0.4) is 0 Å². The van der Waals surface area contributed by atoms with Crippen LogP contribution in [0, 0.1) is 11.6 Å². The van der Waals surface area contributed by atoms with Crippen LogP contribution >= 0.6 is 0 Å². The second kappa shape index (κ2) is 6.15. The Morgan fingerprint density at radius 2 is 1.93 bits per heavy atom. The van der Waals surface area contributed by atoms with Crippen molar-refractivity contribution in [2.45, 2.75) is 18.4 Å². The Labute approximate surface area is 153 Å². The Kier molecular flexibility index (Phi) is 3.91. The number of imide groups is 1. The average molecular weight is 371 g/mol. The molecule has 0 saturated carbocycles. The number of rotatable bonds is 3. The molecule has 2 aliphatic rings. The summed E-state index contributed by atoms with van der Waals surface area (Å²) in [6.45, 7) is -0.520. The van der Waals surface area contributed by atoms with Crippen molar-refractivity contribution < 1.29 is 23.2 Å². The molecule has 1 atom stereocenters. The maximum atomic E-state index is 13.2. The second-order valence-corrected chi connectivity index (χ2v) is 6.56. The topological polar surface area (TPSA) is 78.5 Å². The van der Waals surface area contributed by atoms with Gasteiger partial charge in [-0.05, 0) is 36.1 Å². The maximum Gasteiger partial charge on any atom is 0.325 e. The summed E-state index contributed by atoms with van der Waals surface area (Å²) in [7, 11) is 0. The van der Waals surface area contributed by atoms with Crippen LogP contribution in [-0.2, 0) is 21.5 Å². The van der Waals surface area contributed by atoms with Crippen LogP contribution in [0.5, 0.6) is 0 Å². The number of halogens is 2. The van der Waals surface area contributed by atoms with Crippen LogP contribution in [0.4, 0.5) is 19.3 Å². The van der Waals surface area contributed by atoms with Gasteiger partial charge in [0.05, 0.1) is 0 Å². The van der Waals surface area contributed by atoms with E-state index < -0.39 is 41.6 Å². The van der Waals surface area contributed by atoms with Crippen molar-refractivity contribution in [3.63, 3.8) is 0 Å². The minimum atomic E-state index is -1.14. The number of carbonyl (C=O) groups is 3. The summed E-state index contributed by atoms with van der Waals surface area (Å²) in [5.74, 6) is -3.32. The number of nitrogens with zero attached hydrogens (tertiary/aromatic N) is 1. The first-order valence-electron chi connectivity index (χ1n) is 8.38. The maximum absolute atomic E-state index is 13.2. The van der Waals surface area contributed by atoms with E-state index in [-0.39, 0.29) is 5.69 Å². The molecular weight excluding hydrogens is 356 g/mol. The van der Waals surface area contributed by atoms with E-state index in [1.54, 1.807) is 12.1 Å². The van der Waals surface area contributed by atoms with Crippen LogP contribution in [0.2, 0.25) is 0 Å². The van der Waals surface area contributed by atoms with Gasteiger partial charge in [0.25, 0.3) is 5.91 Å². The number of benzene rings is 2. The Bertz CT molecular complexity index is 978. The highest BCUT2D eigenvalue weighted by Crippen LogP contribution is 2.41. The number of amides is 4. The Balaban J connectivity index is 1.52. The van der Waals surface area contributed by atoms with Gasteiger partial charge >= 0.3 is 6.03 Å². The fourth-order valence-corrected chi connectivity index (χ4v) is 3.65. The molecule has 4 rings (SSSR count). The normalized spacial score (nSPS) is 20.7. The quantitative estimate of drug-likeness (QED) is 0.813. The average Bonchev–Trinajstić information content (AvgIpc) is 3.12. The number of hydrogen-bond acceptors (Lipinski definition) is 3. The minimum Gasteiger partial charge on any atom is -0.324 e. The first-order chi connectivity index (χ1) is 12.9. The first kappa shape index (κ1) is 17.1. The third-order valence-electron chi connectivity index (χ3n) is 4.93. The minimum absolute atomic E-state index is 0.0341. The van der Waals surface area contributed by atoms with Crippen molar-refractivity contribution in [1.82, 2.24) is 10.2 Å². The highest BCUT2D eigenvalue weighted by Gasteiger charge is 2.55. The van der Waals surface area contributed by atoms with E-state index in [0.717, 1.165) is 28.2 Å². The number of fused-ring (bicyclic) bond motifs is 2. The van der Waals surface area contributed by atoms with E-state index in [1.807, 2.05) is 12.1 Å². The van der Waals surface area contributed by atoms with E-state index >= 15 is 0 Å². The van der Waals surface area contributed by atoms with Crippen molar-refractivity contribution in [3.8, 4) is 0 Å². The number of hydrogen-bond donors (Lipinski definition) is 2. The lowest BCUT2D eigenvalue weighted by molar-refractivity contribution is -0.134. The molecule has 138 valence electrons. The third kappa shape index (κ3) is 2.73. The molecule has 1 aliphatic carbocycles. The van der Waals surface area contributed by atoms with Gasteiger partial charge in [0, 0.05) is 11.8 Å². The van der Waals surface area contributed by atoms with Gasteiger partial charge in [0.1, 0.15) is 12.1 Å². The molecule has 2 aromatic rings. The molecule has 1 aliphatic heterocycles. The summed E-state index contributed by atoms with van der Waals surface area (Å²) in [4.78, 5) is 38.3. The summed E-state index contributed by atoms with van der Waals surface area (Å²) in [6, 6.07) is 9.61. The molecule has 1 unspecified atom stereocenters. The van der Waals surface area contributed by atoms with Gasteiger partial charge in [-0.3, -0.25) is 14.5 Å². The van der Waals surface area contributed by atoms with Gasteiger partial charge in [-0.2, -0.15) is 0 Å². The van der Waals surface area contributed by atoms with E-state index in [0.29, 0.717) is 12.8 Å². The number of carbonyl (C=O) groups excluding carboxylic acids is 3. The summed E-state index contributed by atoms with van der Waals surface area (Å²) in [5, 5.41) is 5.08. The van der Waals surface area contributed by atoms with E-state index in [4.69, 9.17) is 0 Å². The Morgan fingerprint density at radius 3 is 2.70 bits per heavy atom. The molecule has 1 spiro atoms. The standard InChI is InChI=1S/C19H15F2N3O3/c20-14-6-5-12(9-15(14)21)22-16(25)10-24-17(26)19(23-18(24)27)8-7-11-3-1-2-4-13(11)19/h1-6,9H,7-8,10H2,(H,22,25)(H,23,27). The van der Waals surface area contributed by atoms with Crippen LogP contribution in [0.15, 0.2) is 42.5 Å². The molecule has 1 heterocycles. The number of urea groups is 1. The smallest absolute Gasteiger partial charge is 0.324 e. The first-order valence-corrected chi connectivity index (χ1v) is 8.38. The zero-order valence-electron chi connectivity index (χ0n) is 14.1. The zero-order chi connectivity index (χ0) is 19.2. The van der Waals surface area contributed by atoms with Gasteiger partial charge in [0.2, 0.25) is 5.91 Å². The van der Waals surface area contributed by atoms with Crippen LogP contribution in [0.25, 0.3) is 0 Å². The lowest BCUT2D eigenvalue weighted by Gasteiger charge is -2.22. The largest absolute Gasteiger partial charge is 0.325 e. The SMILES string of the molecule is O=C(CN1C(=O)NC2(CCc3ccccc32)C1=O)Nc1ccc(F)c(F)c1. The van der Waals surface area contributed by atoms with Gasteiger partial charge in [0.15, 0.2) is 11.6 Å². The van der Waals surface area contributed by atoms with Crippen LogP contribution in [0.1, 0.15) is 17.5 Å². The lowest BCUT2D eigenvalue weighted by atomic mass is 9.92. The highest BCUT2D eigenvalue weighted by molar-refractivity contribution is 6.10. The molecular formula is C19H15F2N3O3. The summed E-state index contributed by atoms with van der Waals surface area (Å²) >= 11 is 0. The van der Waals surface area contributed by atoms with Gasteiger partial charge < -0.3 is 10.6 Å². The molecule has 6 nitrogen and oxygen atoms in total. The molecule has 0 aromatic heterocycles. The highest BCUT2D eigenvalue weighted by atomic mass is 19.2. The van der Waals surface area contributed by atoms with Crippen LogP contribution < -0.4 is 10.6 Å². The molecule has 1 saturated heterocycles. The summed E-state index contributed by atoms with van der Waals surface area (Å²) < 4.78 is 26.2. The Hall–Kier alpha value is -3.29. The van der Waals surface area contributed by atoms with Gasteiger partial charge in [-0.1, -0.05) is 24.3 Å². The molecule has 4 amide bonds. The number of anilines is 1. The monoisotopic (exact) mass is 371 g/mol. The fourth-order valence-electron chi connectivity index (χ4n) is 3.65. The predicted octanol–water partition coefficient (Wildman–Crippen LogP) is 2.30. The van der Waals surface area contributed by atoms with Gasteiger partial charge in [-0.15, -0.1) is 0 Å². The van der Waals surface area contributed by atoms with E-state index in [9.17, 15) is 23.2 Å². The zero-order valence-corrected chi connectivity index (χ0v) is 14.1. The van der Waals surface area contributed by atoms with Gasteiger partial charge in [-0.25, -0.2) is 13.6 Å². The molecule has 0 radical (unpaired) electrons. The summed E-state index contributed by atoms with van der Waals surface area (Å²) in [5.41, 5.74) is 0.619. The van der Waals surface area contributed by atoms with Crippen molar-refractivity contribution >= 4 is 23.5 Å². The van der Waals surface area contributed by atoms with Crippen molar-refractivity contribution in [3.05, 3.63) is 65.2 Å². The van der Waals surface area contributed by atoms with Crippen LogP contribution in [-0.4, -0.2) is 29.3 Å². The fraction of sp³-hybridized carbons (Fsp3) is 0.211. The lowest BCUT2D eigenvalue weighted by Crippen LogP contribution is -2.43. The molecule has 27 heavy (non-hydrogen) atoms. The predicted molar refractivity (Wildman–Crippen MR) is 91.7 cm³/mol. The van der Waals surface area contributed by atoms with Crippen molar-refractivity contribution in [1.29, 1.82) is 0 Å². The third-order valence-corrected chi connectivity index (χ3v) is 4.93. The number of aryl methyl sites for hydroxylation is 1.